The Morgan fingerprint density at radius 2 is 1.93 bits per heavy atom. The van der Waals surface area contributed by atoms with Gasteiger partial charge in [0.1, 0.15) is 0 Å². The maximum Gasteiger partial charge on any atom is 0.236 e. The van der Waals surface area contributed by atoms with Crippen molar-refractivity contribution in [1.29, 1.82) is 0 Å². The lowest BCUT2D eigenvalue weighted by Gasteiger charge is -2.23. The van der Waals surface area contributed by atoms with Crippen molar-refractivity contribution in [3.8, 4) is 11.3 Å². The standard InChI is InChI=1S/C22H26N4O/c1-13-11-16(9-10-25(13)5)20-14(2)19(23-24-20)15-7-8-17-18(12-15)26(6)21(27)22(17,3)4/h7-9,11-12H,10H2,1-6H3,(H,23,24). The summed E-state index contributed by atoms with van der Waals surface area (Å²) in [6.45, 7) is 9.08. The van der Waals surface area contributed by atoms with Crippen LogP contribution < -0.4 is 4.90 Å². The largest absolute Gasteiger partial charge is 0.374 e. The van der Waals surface area contributed by atoms with Crippen LogP contribution in [-0.4, -0.2) is 41.6 Å². The quantitative estimate of drug-likeness (QED) is 0.882. The van der Waals surface area contributed by atoms with Crippen LogP contribution in [-0.2, 0) is 10.2 Å². The van der Waals surface area contributed by atoms with Crippen LogP contribution in [0.4, 0.5) is 5.69 Å². The molecule has 0 bridgehead atoms. The SMILES string of the molecule is CC1=CC(c2[nH]nc(-c3ccc4c(c3)N(C)C(=O)C4(C)C)c2C)=CCN1C. The summed E-state index contributed by atoms with van der Waals surface area (Å²) in [6.07, 6.45) is 4.40. The second-order valence-corrected chi connectivity index (χ2v) is 8.12. The summed E-state index contributed by atoms with van der Waals surface area (Å²) in [4.78, 5) is 16.5. The number of anilines is 1. The zero-order chi connectivity index (χ0) is 19.5. The van der Waals surface area contributed by atoms with E-state index in [2.05, 4.69) is 66.3 Å². The topological polar surface area (TPSA) is 52.2 Å². The van der Waals surface area contributed by atoms with E-state index < -0.39 is 5.41 Å². The second kappa shape index (κ2) is 5.84. The lowest BCUT2D eigenvalue weighted by molar-refractivity contribution is -0.121. The molecule has 1 N–H and O–H groups in total. The van der Waals surface area contributed by atoms with Crippen LogP contribution in [0.5, 0.6) is 0 Å². The molecular formula is C22H26N4O. The molecule has 5 nitrogen and oxygen atoms in total. The summed E-state index contributed by atoms with van der Waals surface area (Å²) in [5.41, 5.74) is 8.13. The van der Waals surface area contributed by atoms with Gasteiger partial charge in [0.25, 0.3) is 0 Å². The lowest BCUT2D eigenvalue weighted by atomic mass is 9.85. The Morgan fingerprint density at radius 3 is 2.63 bits per heavy atom. The van der Waals surface area contributed by atoms with Crippen molar-refractivity contribution in [3.05, 3.63) is 52.9 Å². The number of carbonyl (C=O) groups excluding carboxylic acids is 1. The number of rotatable bonds is 2. The Kier molecular flexibility index (Phi) is 3.81. The fourth-order valence-electron chi connectivity index (χ4n) is 4.04. The maximum atomic E-state index is 12.6. The van der Waals surface area contributed by atoms with Crippen molar-refractivity contribution in [3.63, 3.8) is 0 Å². The summed E-state index contributed by atoms with van der Waals surface area (Å²) >= 11 is 0. The zero-order valence-corrected chi connectivity index (χ0v) is 16.8. The molecule has 2 aliphatic heterocycles. The van der Waals surface area contributed by atoms with E-state index in [0.29, 0.717) is 0 Å². The first kappa shape index (κ1) is 17.6. The molecule has 5 heteroatoms. The van der Waals surface area contributed by atoms with Gasteiger partial charge in [0.05, 0.1) is 16.8 Å². The van der Waals surface area contributed by atoms with Crippen LogP contribution in [0, 0.1) is 6.92 Å². The number of benzene rings is 1. The van der Waals surface area contributed by atoms with Crippen molar-refractivity contribution < 1.29 is 4.79 Å². The number of nitrogens with one attached hydrogen (secondary N) is 1. The highest BCUT2D eigenvalue weighted by Crippen LogP contribution is 2.43. The normalized spacial score (nSPS) is 18.5. The van der Waals surface area contributed by atoms with Crippen molar-refractivity contribution in [2.24, 2.45) is 0 Å². The fraction of sp³-hybridized carbons (Fsp3) is 0.364. The first-order chi connectivity index (χ1) is 12.7. The molecule has 0 unspecified atom stereocenters. The molecule has 0 spiro atoms. The molecule has 0 aliphatic carbocycles. The third-order valence-corrected chi connectivity index (χ3v) is 6.00. The molecule has 1 aromatic heterocycles. The number of allylic oxidation sites excluding steroid dienone is 3. The molecule has 0 fully saturated rings. The van der Waals surface area contributed by atoms with Crippen molar-refractivity contribution in [2.45, 2.75) is 33.1 Å². The second-order valence-electron chi connectivity index (χ2n) is 8.12. The van der Waals surface area contributed by atoms with Gasteiger partial charge in [-0.15, -0.1) is 0 Å². The van der Waals surface area contributed by atoms with E-state index in [-0.39, 0.29) is 5.91 Å². The number of fused-ring (bicyclic) bond motifs is 1. The van der Waals surface area contributed by atoms with Gasteiger partial charge in [-0.1, -0.05) is 18.2 Å². The number of hydrogen-bond acceptors (Lipinski definition) is 3. The molecule has 0 saturated carbocycles. The first-order valence-corrected chi connectivity index (χ1v) is 9.30. The maximum absolute atomic E-state index is 12.6. The number of likely N-dealkylation sites (N-methyl/N-ethyl adjacent to an activating group) is 2. The number of amides is 1. The van der Waals surface area contributed by atoms with Crippen LogP contribution in [0.15, 0.2) is 36.0 Å². The Morgan fingerprint density at radius 1 is 1.19 bits per heavy atom. The molecule has 0 radical (unpaired) electrons. The van der Waals surface area contributed by atoms with E-state index >= 15 is 0 Å². The van der Waals surface area contributed by atoms with Crippen molar-refractivity contribution >= 4 is 17.2 Å². The highest BCUT2D eigenvalue weighted by Gasteiger charge is 2.42. The van der Waals surface area contributed by atoms with Crippen molar-refractivity contribution in [2.75, 3.05) is 25.5 Å². The van der Waals surface area contributed by atoms with Crippen molar-refractivity contribution in [1.82, 2.24) is 15.1 Å². The van der Waals surface area contributed by atoms with Crippen LogP contribution in [0.2, 0.25) is 0 Å². The Hall–Kier alpha value is -2.82. The van der Waals surface area contributed by atoms with Crippen LogP contribution in [0.3, 0.4) is 0 Å². The van der Waals surface area contributed by atoms with E-state index in [9.17, 15) is 4.79 Å². The molecule has 2 aromatic rings. The fourth-order valence-corrected chi connectivity index (χ4v) is 4.04. The highest BCUT2D eigenvalue weighted by atomic mass is 16.2. The predicted molar refractivity (Wildman–Crippen MR) is 110 cm³/mol. The zero-order valence-electron chi connectivity index (χ0n) is 16.8. The van der Waals surface area contributed by atoms with Gasteiger partial charge in [0.15, 0.2) is 0 Å². The number of hydrogen-bond donors (Lipinski definition) is 1. The van der Waals surface area contributed by atoms with Crippen LogP contribution >= 0.6 is 0 Å². The third kappa shape index (κ3) is 2.52. The summed E-state index contributed by atoms with van der Waals surface area (Å²) < 4.78 is 0. The molecule has 1 amide bonds. The minimum Gasteiger partial charge on any atom is -0.374 e. The predicted octanol–water partition coefficient (Wildman–Crippen LogP) is 3.87. The van der Waals surface area contributed by atoms with Gasteiger partial charge in [-0.2, -0.15) is 5.10 Å². The number of nitrogens with zero attached hydrogens (tertiary/aromatic N) is 3. The van der Waals surface area contributed by atoms with Gasteiger partial charge in [0, 0.05) is 43.2 Å². The molecule has 140 valence electrons. The molecule has 0 saturated heterocycles. The van der Waals surface area contributed by atoms with Gasteiger partial charge < -0.3 is 9.80 Å². The van der Waals surface area contributed by atoms with Gasteiger partial charge in [-0.25, -0.2) is 0 Å². The summed E-state index contributed by atoms with van der Waals surface area (Å²) in [6, 6.07) is 6.22. The number of H-pyrrole nitrogens is 1. The Labute approximate surface area is 160 Å². The molecule has 0 atom stereocenters. The summed E-state index contributed by atoms with van der Waals surface area (Å²) in [5, 5.41) is 7.82. The number of carbonyl (C=O) groups is 1. The molecule has 1 aromatic carbocycles. The number of aromatic nitrogens is 2. The highest BCUT2D eigenvalue weighted by molar-refractivity contribution is 6.07. The average Bonchev–Trinajstić information content (AvgIpc) is 3.10. The van der Waals surface area contributed by atoms with E-state index in [1.54, 1.807) is 4.90 Å². The van der Waals surface area contributed by atoms with E-state index in [1.165, 1.54) is 11.3 Å². The molecule has 4 rings (SSSR count). The van der Waals surface area contributed by atoms with Gasteiger partial charge in [-0.3, -0.25) is 9.89 Å². The average molecular weight is 362 g/mol. The minimum atomic E-state index is -0.477. The third-order valence-electron chi connectivity index (χ3n) is 6.00. The Balaban J connectivity index is 1.75. The van der Waals surface area contributed by atoms with Crippen LogP contribution in [0.25, 0.3) is 16.8 Å². The molecule has 3 heterocycles. The Bertz CT molecular complexity index is 1010. The minimum absolute atomic E-state index is 0.131. The molecule has 27 heavy (non-hydrogen) atoms. The molecule has 2 aliphatic rings. The van der Waals surface area contributed by atoms with E-state index in [1.807, 2.05) is 20.9 Å². The van der Waals surface area contributed by atoms with E-state index in [4.69, 9.17) is 0 Å². The van der Waals surface area contributed by atoms with Gasteiger partial charge in [-0.05, 0) is 51.0 Å². The summed E-state index contributed by atoms with van der Waals surface area (Å²) in [5.74, 6) is 0.131. The van der Waals surface area contributed by atoms with E-state index in [0.717, 1.165) is 40.3 Å². The number of aromatic amines is 1. The van der Waals surface area contributed by atoms with Crippen LogP contribution in [0.1, 0.15) is 37.6 Å². The molecular weight excluding hydrogens is 336 g/mol. The lowest BCUT2D eigenvalue weighted by Crippen LogP contribution is -2.33. The smallest absolute Gasteiger partial charge is 0.236 e. The first-order valence-electron chi connectivity index (χ1n) is 9.30. The summed E-state index contributed by atoms with van der Waals surface area (Å²) in [7, 11) is 3.94. The monoisotopic (exact) mass is 362 g/mol. The van der Waals surface area contributed by atoms with Gasteiger partial charge >= 0.3 is 0 Å². The van der Waals surface area contributed by atoms with Gasteiger partial charge in [0.2, 0.25) is 5.91 Å².